The Hall–Kier alpha value is -2.01. The van der Waals surface area contributed by atoms with Crippen LogP contribution in [-0.4, -0.2) is 15.0 Å². The number of hydrogen-bond acceptors (Lipinski definition) is 4. The first-order valence-electron chi connectivity index (χ1n) is 5.84. The van der Waals surface area contributed by atoms with Crippen molar-refractivity contribution in [3.05, 3.63) is 53.0 Å². The number of aryl methyl sites for hydroxylation is 1. The third-order valence-corrected chi connectivity index (χ3v) is 3.09. The molecule has 0 radical (unpaired) electrons. The van der Waals surface area contributed by atoms with Crippen LogP contribution in [0.25, 0.3) is 10.9 Å². The molecule has 1 N–H and O–H groups in total. The average molecular weight is 315 g/mol. The average Bonchev–Trinajstić information content (AvgIpc) is 2.37. The van der Waals surface area contributed by atoms with Gasteiger partial charge in [-0.1, -0.05) is 6.07 Å². The number of rotatable bonds is 2. The largest absolute Gasteiger partial charge is 0.340 e. The Morgan fingerprint density at radius 3 is 2.84 bits per heavy atom. The molecule has 0 bridgehead atoms. The molecule has 19 heavy (non-hydrogen) atoms. The lowest BCUT2D eigenvalue weighted by atomic mass is 10.2. The highest BCUT2D eigenvalue weighted by Gasteiger charge is 2.01. The van der Waals surface area contributed by atoms with Gasteiger partial charge >= 0.3 is 0 Å². The molecule has 2 aromatic heterocycles. The van der Waals surface area contributed by atoms with E-state index < -0.39 is 0 Å². The standard InChI is InChI=1S/C14H11BrN4/c1-9-17-13(15)8-14(18-9)19-11-4-5-12-10(7-11)3-2-6-16-12/h2-8H,1H3,(H,17,18,19). The zero-order chi connectivity index (χ0) is 13.2. The molecule has 4 nitrogen and oxygen atoms in total. The third kappa shape index (κ3) is 2.71. The van der Waals surface area contributed by atoms with E-state index in [1.165, 1.54) is 0 Å². The van der Waals surface area contributed by atoms with Gasteiger partial charge in [-0.05, 0) is 47.1 Å². The maximum Gasteiger partial charge on any atom is 0.135 e. The van der Waals surface area contributed by atoms with Crippen molar-refractivity contribution < 1.29 is 0 Å². The topological polar surface area (TPSA) is 50.7 Å². The van der Waals surface area contributed by atoms with E-state index in [4.69, 9.17) is 0 Å². The fraction of sp³-hybridized carbons (Fsp3) is 0.0714. The van der Waals surface area contributed by atoms with Gasteiger partial charge in [-0.25, -0.2) is 9.97 Å². The molecule has 0 saturated heterocycles. The minimum absolute atomic E-state index is 0.722. The molecule has 0 amide bonds. The second-order valence-corrected chi connectivity index (χ2v) is 4.97. The maximum absolute atomic E-state index is 4.34. The Balaban J connectivity index is 1.96. The summed E-state index contributed by atoms with van der Waals surface area (Å²) in [6.45, 7) is 1.86. The number of aromatic nitrogens is 3. The zero-order valence-corrected chi connectivity index (χ0v) is 11.8. The highest BCUT2D eigenvalue weighted by atomic mass is 79.9. The van der Waals surface area contributed by atoms with Crippen molar-refractivity contribution >= 4 is 38.3 Å². The lowest BCUT2D eigenvalue weighted by molar-refractivity contribution is 1.04. The van der Waals surface area contributed by atoms with Crippen LogP contribution in [0, 0.1) is 6.92 Å². The summed E-state index contributed by atoms with van der Waals surface area (Å²) >= 11 is 3.36. The van der Waals surface area contributed by atoms with Gasteiger partial charge in [0.05, 0.1) is 5.52 Å². The van der Waals surface area contributed by atoms with Gasteiger partial charge in [0.15, 0.2) is 0 Å². The van der Waals surface area contributed by atoms with Crippen molar-refractivity contribution in [3.63, 3.8) is 0 Å². The maximum atomic E-state index is 4.34. The predicted molar refractivity (Wildman–Crippen MR) is 79.5 cm³/mol. The van der Waals surface area contributed by atoms with Gasteiger partial charge in [0.2, 0.25) is 0 Å². The summed E-state index contributed by atoms with van der Waals surface area (Å²) in [6, 6.07) is 11.8. The van der Waals surface area contributed by atoms with E-state index in [0.29, 0.717) is 0 Å². The molecular weight excluding hydrogens is 304 g/mol. The quantitative estimate of drug-likeness (QED) is 0.730. The van der Waals surface area contributed by atoms with Gasteiger partial charge in [-0.3, -0.25) is 4.98 Å². The number of hydrogen-bond donors (Lipinski definition) is 1. The van der Waals surface area contributed by atoms with Gasteiger partial charge in [0.1, 0.15) is 16.2 Å². The van der Waals surface area contributed by atoms with Crippen molar-refractivity contribution in [3.8, 4) is 0 Å². The van der Waals surface area contributed by atoms with E-state index in [1.54, 1.807) is 6.20 Å². The second kappa shape index (κ2) is 4.93. The zero-order valence-electron chi connectivity index (χ0n) is 10.3. The van der Waals surface area contributed by atoms with E-state index in [1.807, 2.05) is 43.3 Å². The molecular formula is C14H11BrN4. The number of benzene rings is 1. The third-order valence-electron chi connectivity index (χ3n) is 2.68. The van der Waals surface area contributed by atoms with Crippen molar-refractivity contribution in [2.75, 3.05) is 5.32 Å². The Kier molecular flexibility index (Phi) is 3.13. The molecule has 0 aliphatic carbocycles. The van der Waals surface area contributed by atoms with Crippen LogP contribution in [0.15, 0.2) is 47.2 Å². The van der Waals surface area contributed by atoms with Crippen LogP contribution in [0.2, 0.25) is 0 Å². The van der Waals surface area contributed by atoms with Crippen LogP contribution in [-0.2, 0) is 0 Å². The highest BCUT2D eigenvalue weighted by Crippen LogP contribution is 2.21. The molecule has 0 aliphatic heterocycles. The number of halogens is 1. The Bertz CT molecular complexity index is 722. The first-order valence-corrected chi connectivity index (χ1v) is 6.63. The summed E-state index contributed by atoms with van der Waals surface area (Å²) in [6.07, 6.45) is 1.79. The van der Waals surface area contributed by atoms with E-state index in [0.717, 1.165) is 32.8 Å². The Labute approximate surface area is 119 Å². The normalized spacial score (nSPS) is 10.6. The summed E-state index contributed by atoms with van der Waals surface area (Å²) in [5, 5.41) is 4.36. The molecule has 5 heteroatoms. The van der Waals surface area contributed by atoms with Gasteiger partial charge in [-0.15, -0.1) is 0 Å². The number of fused-ring (bicyclic) bond motifs is 1. The number of nitrogens with zero attached hydrogens (tertiary/aromatic N) is 3. The fourth-order valence-corrected chi connectivity index (χ4v) is 2.37. The van der Waals surface area contributed by atoms with Crippen molar-refractivity contribution in [1.82, 2.24) is 15.0 Å². The first-order chi connectivity index (χ1) is 9.20. The first kappa shape index (κ1) is 12.0. The number of nitrogens with one attached hydrogen (secondary N) is 1. The monoisotopic (exact) mass is 314 g/mol. The molecule has 3 rings (SSSR count). The predicted octanol–water partition coefficient (Wildman–Crippen LogP) is 3.84. The lowest BCUT2D eigenvalue weighted by Gasteiger charge is -2.07. The number of anilines is 2. The van der Waals surface area contributed by atoms with Crippen LogP contribution >= 0.6 is 15.9 Å². The number of pyridine rings is 1. The van der Waals surface area contributed by atoms with Crippen LogP contribution in [0.1, 0.15) is 5.82 Å². The van der Waals surface area contributed by atoms with Crippen LogP contribution < -0.4 is 5.32 Å². The molecule has 94 valence electrons. The van der Waals surface area contributed by atoms with Crippen molar-refractivity contribution in [2.45, 2.75) is 6.92 Å². The minimum Gasteiger partial charge on any atom is -0.340 e. The Morgan fingerprint density at radius 1 is 1.11 bits per heavy atom. The SMILES string of the molecule is Cc1nc(Br)cc(Nc2ccc3ncccc3c2)n1. The summed E-state index contributed by atoms with van der Waals surface area (Å²) in [5.74, 6) is 1.49. The van der Waals surface area contributed by atoms with E-state index in [-0.39, 0.29) is 0 Å². The van der Waals surface area contributed by atoms with Crippen LogP contribution in [0.4, 0.5) is 11.5 Å². The van der Waals surface area contributed by atoms with Crippen LogP contribution in [0.3, 0.4) is 0 Å². The molecule has 0 aliphatic rings. The van der Waals surface area contributed by atoms with Crippen molar-refractivity contribution in [2.24, 2.45) is 0 Å². The molecule has 0 unspecified atom stereocenters. The molecule has 3 aromatic rings. The smallest absolute Gasteiger partial charge is 0.135 e. The van der Waals surface area contributed by atoms with Gasteiger partial charge in [-0.2, -0.15) is 0 Å². The second-order valence-electron chi connectivity index (χ2n) is 4.16. The molecule has 1 aromatic carbocycles. The van der Waals surface area contributed by atoms with Gasteiger partial charge in [0.25, 0.3) is 0 Å². The Morgan fingerprint density at radius 2 is 2.00 bits per heavy atom. The molecule has 0 spiro atoms. The van der Waals surface area contributed by atoms with Gasteiger partial charge in [0, 0.05) is 23.3 Å². The summed E-state index contributed by atoms with van der Waals surface area (Å²) in [5.41, 5.74) is 1.96. The molecule has 0 saturated carbocycles. The molecule has 2 heterocycles. The lowest BCUT2D eigenvalue weighted by Crippen LogP contribution is -1.97. The summed E-state index contributed by atoms with van der Waals surface area (Å²) in [7, 11) is 0. The van der Waals surface area contributed by atoms with Crippen LogP contribution in [0.5, 0.6) is 0 Å². The molecule has 0 atom stereocenters. The van der Waals surface area contributed by atoms with E-state index in [9.17, 15) is 0 Å². The summed E-state index contributed by atoms with van der Waals surface area (Å²) in [4.78, 5) is 12.8. The molecule has 0 fully saturated rings. The van der Waals surface area contributed by atoms with Gasteiger partial charge < -0.3 is 5.32 Å². The summed E-state index contributed by atoms with van der Waals surface area (Å²) < 4.78 is 0.768. The van der Waals surface area contributed by atoms with E-state index in [2.05, 4.69) is 36.2 Å². The van der Waals surface area contributed by atoms with Crippen molar-refractivity contribution in [1.29, 1.82) is 0 Å². The minimum atomic E-state index is 0.722. The highest BCUT2D eigenvalue weighted by molar-refractivity contribution is 9.10. The fourth-order valence-electron chi connectivity index (χ4n) is 1.90. The van der Waals surface area contributed by atoms with E-state index >= 15 is 0 Å².